The van der Waals surface area contributed by atoms with Gasteiger partial charge in [0, 0.05) is 0 Å². The first kappa shape index (κ1) is 19.9. The topological polar surface area (TPSA) is 44.8 Å². The minimum atomic E-state index is -4.36. The fourth-order valence-electron chi connectivity index (χ4n) is 1.72. The van der Waals surface area contributed by atoms with Crippen LogP contribution in [0.25, 0.3) is 5.57 Å². The van der Waals surface area contributed by atoms with Gasteiger partial charge in [-0.25, -0.2) is 4.57 Å². The minimum absolute atomic E-state index is 0.0376. The van der Waals surface area contributed by atoms with Gasteiger partial charge in [0.25, 0.3) is 0 Å². The summed E-state index contributed by atoms with van der Waals surface area (Å²) in [4.78, 5) is 0. The second-order valence-corrected chi connectivity index (χ2v) is 6.21. The lowest BCUT2D eigenvalue weighted by Crippen LogP contribution is -2.04. The lowest BCUT2D eigenvalue weighted by atomic mass is 10.1. The van der Waals surface area contributed by atoms with Crippen LogP contribution in [0.4, 0.5) is 13.2 Å². The lowest BCUT2D eigenvalue weighted by Gasteiger charge is -2.15. The van der Waals surface area contributed by atoms with Crippen LogP contribution in [0.2, 0.25) is 0 Å². The Morgan fingerprint density at radius 1 is 1.09 bits per heavy atom. The van der Waals surface area contributed by atoms with Gasteiger partial charge in [-0.15, -0.1) is 0 Å². The molecule has 0 N–H and O–H groups in total. The Morgan fingerprint density at radius 2 is 1.61 bits per heavy atom. The number of hydrogen-bond acceptors (Lipinski definition) is 4. The summed E-state index contributed by atoms with van der Waals surface area (Å²) >= 11 is 0. The molecular weight excluding hydrogens is 332 g/mol. The highest BCUT2D eigenvalue weighted by Crippen LogP contribution is 2.49. The molecule has 8 heteroatoms. The molecule has 1 aromatic rings. The number of halogens is 3. The number of hydrogen-bond donors (Lipinski definition) is 0. The van der Waals surface area contributed by atoms with Gasteiger partial charge in [-0.3, -0.25) is 13.6 Å². The van der Waals surface area contributed by atoms with Crippen LogP contribution in [0.15, 0.2) is 30.3 Å². The smallest absolute Gasteiger partial charge is 0.287 e. The molecule has 0 aromatic heterocycles. The molecule has 0 aliphatic heterocycles. The summed E-state index contributed by atoms with van der Waals surface area (Å²) in [6.07, 6.45) is -2.76. The quantitative estimate of drug-likeness (QED) is 0.595. The van der Waals surface area contributed by atoms with Gasteiger partial charge in [0.2, 0.25) is 0 Å². The van der Waals surface area contributed by atoms with E-state index in [0.717, 1.165) is 12.1 Å². The predicted molar refractivity (Wildman–Crippen MR) is 81.9 cm³/mol. The summed E-state index contributed by atoms with van der Waals surface area (Å²) in [6.45, 7) is 5.37. The molecule has 0 aliphatic rings. The van der Waals surface area contributed by atoms with Crippen LogP contribution in [-0.2, 0) is 24.3 Å². The van der Waals surface area contributed by atoms with Crippen LogP contribution < -0.4 is 0 Å². The Kier molecular flexibility index (Phi) is 7.48. The van der Waals surface area contributed by atoms with Crippen LogP contribution >= 0.6 is 7.82 Å². The van der Waals surface area contributed by atoms with Crippen molar-refractivity contribution in [3.05, 3.63) is 41.5 Å². The van der Waals surface area contributed by atoms with E-state index in [1.165, 1.54) is 12.1 Å². The van der Waals surface area contributed by atoms with Crippen molar-refractivity contribution >= 4 is 13.4 Å². The number of benzene rings is 1. The number of alkyl halides is 3. The first-order chi connectivity index (χ1) is 10.7. The molecule has 0 saturated carbocycles. The molecule has 0 saturated heterocycles. The van der Waals surface area contributed by atoms with Crippen LogP contribution in [0.1, 0.15) is 31.9 Å². The number of rotatable bonds is 8. The molecule has 0 radical (unpaired) electrons. The van der Waals surface area contributed by atoms with Gasteiger partial charge in [-0.2, -0.15) is 13.2 Å². The predicted octanol–water partition coefficient (Wildman–Crippen LogP) is 5.31. The third-order valence-electron chi connectivity index (χ3n) is 2.86. The van der Waals surface area contributed by atoms with E-state index in [1.807, 2.05) is 0 Å². The van der Waals surface area contributed by atoms with Gasteiger partial charge >= 0.3 is 14.0 Å². The van der Waals surface area contributed by atoms with E-state index >= 15 is 0 Å². The van der Waals surface area contributed by atoms with Gasteiger partial charge < -0.3 is 0 Å². The SMILES string of the molecule is CCOP(=O)(OCC)OC/C=C(\C)c1ccc(C(F)(F)F)cc1. The van der Waals surface area contributed by atoms with Crippen molar-refractivity contribution in [2.24, 2.45) is 0 Å². The number of phosphoric ester groups is 1. The Bertz CT molecular complexity index is 557. The van der Waals surface area contributed by atoms with Crippen molar-refractivity contribution in [1.29, 1.82) is 0 Å². The third kappa shape index (κ3) is 6.47. The van der Waals surface area contributed by atoms with Crippen molar-refractivity contribution in [2.45, 2.75) is 26.9 Å². The molecule has 0 aliphatic carbocycles. The molecule has 130 valence electrons. The Balaban J connectivity index is 2.72. The van der Waals surface area contributed by atoms with Crippen LogP contribution in [0.5, 0.6) is 0 Å². The third-order valence-corrected chi connectivity index (χ3v) is 4.48. The van der Waals surface area contributed by atoms with E-state index in [4.69, 9.17) is 13.6 Å². The summed E-state index contributed by atoms with van der Waals surface area (Å²) in [7, 11) is -3.59. The first-order valence-corrected chi connectivity index (χ1v) is 8.56. The molecule has 0 heterocycles. The second kappa shape index (κ2) is 8.64. The normalized spacial score (nSPS) is 13.4. The molecular formula is C15H20F3O4P. The maximum Gasteiger partial charge on any atom is 0.475 e. The molecule has 0 amide bonds. The number of allylic oxidation sites excluding steroid dienone is 1. The van der Waals surface area contributed by atoms with Crippen molar-refractivity contribution in [1.82, 2.24) is 0 Å². The Hall–Kier alpha value is -1.14. The van der Waals surface area contributed by atoms with E-state index in [9.17, 15) is 17.7 Å². The highest BCUT2D eigenvalue weighted by atomic mass is 31.2. The van der Waals surface area contributed by atoms with Gasteiger partial charge in [0.05, 0.1) is 25.4 Å². The maximum atomic E-state index is 12.5. The van der Waals surface area contributed by atoms with Crippen molar-refractivity contribution in [2.75, 3.05) is 19.8 Å². The molecule has 1 aromatic carbocycles. The summed E-state index contributed by atoms with van der Waals surface area (Å²) in [5.41, 5.74) is 0.602. The van der Waals surface area contributed by atoms with Crippen molar-refractivity contribution in [3.8, 4) is 0 Å². The van der Waals surface area contributed by atoms with E-state index in [-0.39, 0.29) is 19.8 Å². The molecule has 0 bridgehead atoms. The van der Waals surface area contributed by atoms with Gasteiger partial charge in [-0.05, 0) is 44.0 Å². The fourth-order valence-corrected chi connectivity index (χ4v) is 2.83. The summed E-state index contributed by atoms with van der Waals surface area (Å²) in [5.74, 6) is 0. The molecule has 0 unspecified atom stereocenters. The molecule has 0 fully saturated rings. The standard InChI is InChI=1S/C15H20F3O4P/c1-4-20-23(19,21-5-2)22-11-10-12(3)13-6-8-14(9-7-13)15(16,17)18/h6-10H,4-5,11H2,1-3H3/b12-10+. The summed E-state index contributed by atoms with van der Waals surface area (Å²) in [6, 6.07) is 4.77. The molecule has 23 heavy (non-hydrogen) atoms. The van der Waals surface area contributed by atoms with E-state index in [0.29, 0.717) is 11.1 Å². The van der Waals surface area contributed by atoms with Crippen LogP contribution in [0, 0.1) is 0 Å². The molecule has 1 rings (SSSR count). The largest absolute Gasteiger partial charge is 0.475 e. The monoisotopic (exact) mass is 352 g/mol. The van der Waals surface area contributed by atoms with Crippen molar-refractivity contribution in [3.63, 3.8) is 0 Å². The zero-order chi connectivity index (χ0) is 17.5. The van der Waals surface area contributed by atoms with Gasteiger partial charge in [0.15, 0.2) is 0 Å². The van der Waals surface area contributed by atoms with E-state index in [1.54, 1.807) is 26.8 Å². The Labute approximate surface area is 133 Å². The number of phosphoric acid groups is 1. The highest BCUT2D eigenvalue weighted by Gasteiger charge is 2.30. The lowest BCUT2D eigenvalue weighted by molar-refractivity contribution is -0.137. The molecule has 0 atom stereocenters. The summed E-state index contributed by atoms with van der Waals surface area (Å²) in [5, 5.41) is 0. The zero-order valence-corrected chi connectivity index (χ0v) is 14.1. The van der Waals surface area contributed by atoms with Crippen LogP contribution in [-0.4, -0.2) is 19.8 Å². The molecule has 0 spiro atoms. The Morgan fingerprint density at radius 3 is 2.04 bits per heavy atom. The maximum absolute atomic E-state index is 12.5. The van der Waals surface area contributed by atoms with Crippen molar-refractivity contribution < 1.29 is 31.3 Å². The van der Waals surface area contributed by atoms with Gasteiger partial charge in [-0.1, -0.05) is 18.2 Å². The zero-order valence-electron chi connectivity index (χ0n) is 13.2. The molecule has 4 nitrogen and oxygen atoms in total. The van der Waals surface area contributed by atoms with E-state index in [2.05, 4.69) is 0 Å². The second-order valence-electron chi connectivity index (χ2n) is 4.54. The average Bonchev–Trinajstić information content (AvgIpc) is 2.47. The van der Waals surface area contributed by atoms with E-state index < -0.39 is 19.6 Å². The van der Waals surface area contributed by atoms with Crippen LogP contribution in [0.3, 0.4) is 0 Å². The summed E-state index contributed by atoms with van der Waals surface area (Å²) < 4.78 is 64.7. The highest BCUT2D eigenvalue weighted by molar-refractivity contribution is 7.48. The fraction of sp³-hybridized carbons (Fsp3) is 0.467. The average molecular weight is 352 g/mol. The van der Waals surface area contributed by atoms with Gasteiger partial charge in [0.1, 0.15) is 0 Å². The minimum Gasteiger partial charge on any atom is -0.287 e. The first-order valence-electron chi connectivity index (χ1n) is 7.10.